The van der Waals surface area contributed by atoms with Gasteiger partial charge in [-0.15, -0.1) is 0 Å². The molecule has 86 valence electrons. The minimum Gasteiger partial charge on any atom is -0.465 e. The van der Waals surface area contributed by atoms with Gasteiger partial charge >= 0.3 is 5.97 Å². The lowest BCUT2D eigenvalue weighted by Crippen LogP contribution is -2.14. The molecule has 0 aromatic heterocycles. The van der Waals surface area contributed by atoms with Gasteiger partial charge in [-0.25, -0.2) is 4.79 Å². The molecule has 16 heavy (non-hydrogen) atoms. The Morgan fingerprint density at radius 1 is 1.56 bits per heavy atom. The lowest BCUT2D eigenvalue weighted by Gasteiger charge is -2.06. The fourth-order valence-electron chi connectivity index (χ4n) is 1.20. The molecule has 1 aromatic rings. The van der Waals surface area contributed by atoms with E-state index in [0.29, 0.717) is 23.5 Å². The fraction of sp³-hybridized carbons (Fsp3) is 0.273. The zero-order chi connectivity index (χ0) is 12.0. The largest absolute Gasteiger partial charge is 0.465 e. The fourth-order valence-corrected chi connectivity index (χ4v) is 1.31. The van der Waals surface area contributed by atoms with Gasteiger partial charge in [0.2, 0.25) is 0 Å². The van der Waals surface area contributed by atoms with E-state index in [9.17, 15) is 4.79 Å². The summed E-state index contributed by atoms with van der Waals surface area (Å²) in [6.07, 6.45) is 0.623. The van der Waals surface area contributed by atoms with Crippen molar-refractivity contribution in [1.82, 2.24) is 0 Å². The van der Waals surface area contributed by atoms with E-state index in [4.69, 9.17) is 18.0 Å². The monoisotopic (exact) mass is 238 g/mol. The van der Waals surface area contributed by atoms with Gasteiger partial charge in [0.15, 0.2) is 0 Å². The molecule has 0 aliphatic carbocycles. The van der Waals surface area contributed by atoms with Crippen LogP contribution in [0.2, 0.25) is 0 Å². The highest BCUT2D eigenvalue weighted by molar-refractivity contribution is 7.80. The van der Waals surface area contributed by atoms with Gasteiger partial charge in [-0.3, -0.25) is 0 Å². The van der Waals surface area contributed by atoms with Crippen LogP contribution in [0.3, 0.4) is 0 Å². The zero-order valence-corrected chi connectivity index (χ0v) is 9.84. The number of methoxy groups -OCH3 is 1. The molecule has 0 spiro atoms. The number of nitrogens with one attached hydrogen (secondary N) is 1. The third-order valence-corrected chi connectivity index (χ3v) is 2.19. The number of nitrogens with two attached hydrogens (primary N) is 1. The second-order valence-electron chi connectivity index (χ2n) is 3.22. The van der Waals surface area contributed by atoms with Crippen molar-refractivity contribution >= 4 is 28.9 Å². The maximum absolute atomic E-state index is 11.3. The zero-order valence-electron chi connectivity index (χ0n) is 9.03. The third kappa shape index (κ3) is 3.86. The average Bonchev–Trinajstić information content (AvgIpc) is 2.28. The predicted octanol–water partition coefficient (Wildman–Crippen LogP) is 1.56. The Morgan fingerprint density at radius 2 is 2.31 bits per heavy atom. The predicted molar refractivity (Wildman–Crippen MR) is 67.7 cm³/mol. The average molecular weight is 238 g/mol. The lowest BCUT2D eigenvalue weighted by atomic mass is 10.2. The molecule has 0 bridgehead atoms. The first-order chi connectivity index (χ1) is 7.63. The molecule has 0 heterocycles. The molecule has 0 radical (unpaired) electrons. The van der Waals surface area contributed by atoms with Gasteiger partial charge in [-0.2, -0.15) is 0 Å². The summed E-state index contributed by atoms with van der Waals surface area (Å²) >= 11 is 4.76. The van der Waals surface area contributed by atoms with Crippen molar-refractivity contribution in [2.24, 2.45) is 5.73 Å². The molecule has 3 N–H and O–H groups in total. The van der Waals surface area contributed by atoms with Gasteiger partial charge in [-0.1, -0.05) is 18.3 Å². The summed E-state index contributed by atoms with van der Waals surface area (Å²) in [5.74, 6) is -0.349. The second-order valence-corrected chi connectivity index (χ2v) is 3.74. The number of rotatable bonds is 5. The minimum atomic E-state index is -0.349. The molecule has 0 saturated carbocycles. The van der Waals surface area contributed by atoms with Crippen LogP contribution in [0.15, 0.2) is 24.3 Å². The maximum Gasteiger partial charge on any atom is 0.337 e. The van der Waals surface area contributed by atoms with Crippen LogP contribution in [-0.4, -0.2) is 24.6 Å². The van der Waals surface area contributed by atoms with Crippen LogP contribution in [-0.2, 0) is 4.74 Å². The summed E-state index contributed by atoms with van der Waals surface area (Å²) in [5.41, 5.74) is 6.74. The Balaban J connectivity index is 2.60. The SMILES string of the molecule is COC(=O)c1cccc(NCCC(N)=S)c1. The van der Waals surface area contributed by atoms with Crippen LogP contribution in [0, 0.1) is 0 Å². The minimum absolute atomic E-state index is 0.349. The highest BCUT2D eigenvalue weighted by Crippen LogP contribution is 2.11. The van der Waals surface area contributed by atoms with Crippen molar-refractivity contribution in [2.75, 3.05) is 19.0 Å². The Morgan fingerprint density at radius 3 is 2.94 bits per heavy atom. The third-order valence-electron chi connectivity index (χ3n) is 1.98. The standard InChI is InChI=1S/C11H14N2O2S/c1-15-11(14)8-3-2-4-9(7-8)13-6-5-10(12)16/h2-4,7,13H,5-6H2,1H3,(H2,12,16). The van der Waals surface area contributed by atoms with Crippen molar-refractivity contribution < 1.29 is 9.53 Å². The summed E-state index contributed by atoms with van der Waals surface area (Å²) in [5, 5.41) is 3.12. The van der Waals surface area contributed by atoms with Crippen LogP contribution in [0.25, 0.3) is 0 Å². The molecule has 1 aromatic carbocycles. The quantitative estimate of drug-likeness (QED) is 0.602. The lowest BCUT2D eigenvalue weighted by molar-refractivity contribution is 0.0601. The topological polar surface area (TPSA) is 64.3 Å². The number of anilines is 1. The van der Waals surface area contributed by atoms with Gasteiger partial charge in [0.25, 0.3) is 0 Å². The highest BCUT2D eigenvalue weighted by Gasteiger charge is 2.04. The maximum atomic E-state index is 11.3. The number of carbonyl (C=O) groups is 1. The van der Waals surface area contributed by atoms with E-state index in [-0.39, 0.29) is 5.97 Å². The molecular formula is C11H14N2O2S. The van der Waals surface area contributed by atoms with E-state index in [0.717, 1.165) is 5.69 Å². The number of esters is 1. The highest BCUT2D eigenvalue weighted by atomic mass is 32.1. The smallest absolute Gasteiger partial charge is 0.337 e. The Hall–Kier alpha value is -1.62. The molecular weight excluding hydrogens is 224 g/mol. The number of thiocarbonyl (C=S) groups is 1. The van der Waals surface area contributed by atoms with Crippen molar-refractivity contribution in [3.63, 3.8) is 0 Å². The Bertz CT molecular complexity index is 393. The molecule has 4 nitrogen and oxygen atoms in total. The first-order valence-electron chi connectivity index (χ1n) is 4.84. The number of hydrogen-bond acceptors (Lipinski definition) is 4. The summed E-state index contributed by atoms with van der Waals surface area (Å²) < 4.78 is 4.63. The van der Waals surface area contributed by atoms with Crippen LogP contribution in [0.1, 0.15) is 16.8 Å². The molecule has 0 saturated heterocycles. The van der Waals surface area contributed by atoms with Crippen LogP contribution < -0.4 is 11.1 Å². The summed E-state index contributed by atoms with van der Waals surface area (Å²) in [4.78, 5) is 11.7. The van der Waals surface area contributed by atoms with Crippen LogP contribution >= 0.6 is 12.2 Å². The first kappa shape index (κ1) is 12.4. The summed E-state index contributed by atoms with van der Waals surface area (Å²) in [7, 11) is 1.36. The number of ether oxygens (including phenoxy) is 1. The molecule has 5 heteroatoms. The van der Waals surface area contributed by atoms with Gasteiger partial charge in [0.1, 0.15) is 0 Å². The molecule has 0 unspecified atom stereocenters. The van der Waals surface area contributed by atoms with Crippen molar-refractivity contribution in [1.29, 1.82) is 0 Å². The van der Waals surface area contributed by atoms with E-state index in [1.54, 1.807) is 18.2 Å². The van der Waals surface area contributed by atoms with E-state index >= 15 is 0 Å². The number of hydrogen-bond donors (Lipinski definition) is 2. The number of benzene rings is 1. The molecule has 1 rings (SSSR count). The van der Waals surface area contributed by atoms with E-state index in [2.05, 4.69) is 10.1 Å². The summed E-state index contributed by atoms with van der Waals surface area (Å²) in [6.45, 7) is 0.653. The molecule has 0 amide bonds. The van der Waals surface area contributed by atoms with Crippen molar-refractivity contribution in [3.8, 4) is 0 Å². The molecule has 0 atom stereocenters. The Labute approximate surface area is 99.8 Å². The second kappa shape index (κ2) is 6.07. The van der Waals surface area contributed by atoms with Gasteiger partial charge in [-0.05, 0) is 18.2 Å². The van der Waals surface area contributed by atoms with Gasteiger partial charge < -0.3 is 15.8 Å². The molecule has 0 fully saturated rings. The van der Waals surface area contributed by atoms with Gasteiger partial charge in [0.05, 0.1) is 17.7 Å². The Kier molecular flexibility index (Phi) is 4.72. The van der Waals surface area contributed by atoms with Gasteiger partial charge in [0, 0.05) is 18.7 Å². The normalized spacial score (nSPS) is 9.56. The van der Waals surface area contributed by atoms with E-state index in [1.807, 2.05) is 6.07 Å². The summed E-state index contributed by atoms with van der Waals surface area (Å²) in [6, 6.07) is 7.08. The molecule has 0 aliphatic heterocycles. The number of carbonyl (C=O) groups excluding carboxylic acids is 1. The molecule has 0 aliphatic rings. The van der Waals surface area contributed by atoms with Crippen LogP contribution in [0.4, 0.5) is 5.69 Å². The van der Waals surface area contributed by atoms with Crippen LogP contribution in [0.5, 0.6) is 0 Å². The van der Waals surface area contributed by atoms with E-state index in [1.165, 1.54) is 7.11 Å². The van der Waals surface area contributed by atoms with E-state index < -0.39 is 0 Å². The van der Waals surface area contributed by atoms with Crippen molar-refractivity contribution in [2.45, 2.75) is 6.42 Å². The first-order valence-corrected chi connectivity index (χ1v) is 5.25. The van der Waals surface area contributed by atoms with Crippen molar-refractivity contribution in [3.05, 3.63) is 29.8 Å².